The molecule has 0 amide bonds. The summed E-state index contributed by atoms with van der Waals surface area (Å²) in [5.41, 5.74) is 2.11. The molecule has 0 aromatic rings. The Balaban J connectivity index is 1.81. The van der Waals surface area contributed by atoms with Crippen LogP contribution < -0.4 is 0 Å². The summed E-state index contributed by atoms with van der Waals surface area (Å²) in [6, 6.07) is 0. The largest absolute Gasteiger partial charge is 0.102 e. The molecule has 1 heteroatoms. The summed E-state index contributed by atoms with van der Waals surface area (Å²) in [5.74, 6) is 0. The minimum atomic E-state index is 0.450. The van der Waals surface area contributed by atoms with E-state index in [4.69, 9.17) is 0 Å². The molecular formula is C10H17P. The van der Waals surface area contributed by atoms with Crippen LogP contribution in [0.4, 0.5) is 0 Å². The number of rotatable bonds is 2. The smallest absolute Gasteiger partial charge is 0.00101 e. The van der Waals surface area contributed by atoms with Crippen LogP contribution in [-0.2, 0) is 0 Å². The molecule has 62 valence electrons. The maximum Gasteiger partial charge on any atom is 0.00101 e. The minimum Gasteiger partial charge on any atom is -0.102 e. The minimum absolute atomic E-state index is 0.450. The zero-order chi connectivity index (χ0) is 7.68. The van der Waals surface area contributed by atoms with Crippen molar-refractivity contribution in [3.63, 3.8) is 0 Å². The van der Waals surface area contributed by atoms with E-state index in [9.17, 15) is 0 Å². The number of hydrogen-bond acceptors (Lipinski definition) is 0. The Morgan fingerprint density at radius 1 is 1.18 bits per heavy atom. The van der Waals surface area contributed by atoms with Crippen molar-refractivity contribution in [1.29, 1.82) is 0 Å². The highest BCUT2D eigenvalue weighted by Crippen LogP contribution is 2.65. The summed E-state index contributed by atoms with van der Waals surface area (Å²) in [6.45, 7) is 3.88. The van der Waals surface area contributed by atoms with Gasteiger partial charge in [-0.2, -0.15) is 0 Å². The van der Waals surface area contributed by atoms with Crippen LogP contribution in [0.15, 0.2) is 12.7 Å². The monoisotopic (exact) mass is 168 g/mol. The highest BCUT2D eigenvalue weighted by molar-refractivity contribution is 7.67. The van der Waals surface area contributed by atoms with Crippen LogP contribution in [0.5, 0.6) is 0 Å². The van der Waals surface area contributed by atoms with Gasteiger partial charge >= 0.3 is 0 Å². The van der Waals surface area contributed by atoms with E-state index in [1.165, 1.54) is 38.3 Å². The maximum absolute atomic E-state index is 3.88. The normalized spacial score (nSPS) is 38.5. The average molecular weight is 168 g/mol. The fourth-order valence-corrected chi connectivity index (χ4v) is 5.12. The quantitative estimate of drug-likeness (QED) is 0.438. The lowest BCUT2D eigenvalue weighted by atomic mass is 10.0. The van der Waals surface area contributed by atoms with Gasteiger partial charge in [-0.05, 0) is 24.7 Å². The lowest BCUT2D eigenvalue weighted by Gasteiger charge is -2.21. The van der Waals surface area contributed by atoms with E-state index < -0.39 is 0 Å². The highest BCUT2D eigenvalue weighted by atomic mass is 31.1. The van der Waals surface area contributed by atoms with Crippen LogP contribution >= 0.6 is 7.92 Å². The molecule has 1 aliphatic carbocycles. The molecule has 0 radical (unpaired) electrons. The van der Waals surface area contributed by atoms with E-state index in [-0.39, 0.29) is 0 Å². The first-order valence-corrected chi connectivity index (χ1v) is 6.46. The molecule has 1 aliphatic heterocycles. The summed E-state index contributed by atoms with van der Waals surface area (Å²) in [6.07, 6.45) is 11.3. The number of allylic oxidation sites excluding steroid dienone is 1. The van der Waals surface area contributed by atoms with Gasteiger partial charge in [0.15, 0.2) is 0 Å². The van der Waals surface area contributed by atoms with Gasteiger partial charge in [0, 0.05) is 5.66 Å². The SMILES string of the molecule is C=C[C@H]1C[P@]1C1CCCCC1. The second kappa shape index (κ2) is 3.27. The predicted molar refractivity (Wildman–Crippen MR) is 52.6 cm³/mol. The van der Waals surface area contributed by atoms with Gasteiger partial charge in [-0.15, -0.1) is 6.58 Å². The van der Waals surface area contributed by atoms with Crippen molar-refractivity contribution in [2.24, 2.45) is 0 Å². The highest BCUT2D eigenvalue weighted by Gasteiger charge is 2.39. The Kier molecular flexibility index (Phi) is 2.32. The summed E-state index contributed by atoms with van der Waals surface area (Å²) >= 11 is 0. The van der Waals surface area contributed by atoms with Crippen molar-refractivity contribution in [3.05, 3.63) is 12.7 Å². The van der Waals surface area contributed by atoms with Crippen molar-refractivity contribution < 1.29 is 0 Å². The Labute approximate surface area is 70.8 Å². The topological polar surface area (TPSA) is 0 Å². The summed E-state index contributed by atoms with van der Waals surface area (Å²) in [4.78, 5) is 0. The maximum atomic E-state index is 3.88. The fourth-order valence-electron chi connectivity index (χ4n) is 2.21. The molecule has 1 saturated heterocycles. The molecule has 1 saturated carbocycles. The van der Waals surface area contributed by atoms with Gasteiger partial charge < -0.3 is 0 Å². The van der Waals surface area contributed by atoms with Crippen molar-refractivity contribution in [2.45, 2.75) is 43.4 Å². The molecule has 0 spiro atoms. The Morgan fingerprint density at radius 2 is 1.91 bits per heavy atom. The van der Waals surface area contributed by atoms with Gasteiger partial charge in [-0.3, -0.25) is 0 Å². The van der Waals surface area contributed by atoms with Gasteiger partial charge in [0.25, 0.3) is 0 Å². The zero-order valence-electron chi connectivity index (χ0n) is 7.13. The molecule has 0 N–H and O–H groups in total. The van der Waals surface area contributed by atoms with Gasteiger partial charge in [0.05, 0.1) is 0 Å². The second-order valence-corrected chi connectivity index (χ2v) is 6.58. The summed E-state index contributed by atoms with van der Waals surface area (Å²) < 4.78 is 0. The fraction of sp³-hybridized carbons (Fsp3) is 0.800. The van der Waals surface area contributed by atoms with E-state index in [1.807, 2.05) is 0 Å². The standard InChI is InChI=1S/C10H17P/c1-2-9-8-11(9)10-6-4-3-5-7-10/h2,9-10H,1,3-8H2/t9-,11-/m0/s1. The van der Waals surface area contributed by atoms with Gasteiger partial charge in [0.1, 0.15) is 0 Å². The van der Waals surface area contributed by atoms with Crippen molar-refractivity contribution in [2.75, 3.05) is 6.16 Å². The van der Waals surface area contributed by atoms with Crippen molar-refractivity contribution in [1.82, 2.24) is 0 Å². The molecule has 2 aliphatic rings. The average Bonchev–Trinajstić information content (AvgIpc) is 2.85. The molecule has 0 aromatic heterocycles. The van der Waals surface area contributed by atoms with Gasteiger partial charge in [-0.1, -0.05) is 33.3 Å². The van der Waals surface area contributed by atoms with Crippen LogP contribution in [0, 0.1) is 0 Å². The van der Waals surface area contributed by atoms with E-state index in [2.05, 4.69) is 12.7 Å². The third kappa shape index (κ3) is 1.67. The second-order valence-electron chi connectivity index (χ2n) is 3.79. The van der Waals surface area contributed by atoms with E-state index in [0.717, 1.165) is 11.3 Å². The predicted octanol–water partition coefficient (Wildman–Crippen LogP) is 3.37. The summed E-state index contributed by atoms with van der Waals surface area (Å²) in [7, 11) is 0.450. The Bertz CT molecular complexity index is 147. The van der Waals surface area contributed by atoms with E-state index >= 15 is 0 Å². The molecule has 1 heterocycles. The molecule has 2 rings (SSSR count). The Morgan fingerprint density at radius 3 is 2.45 bits per heavy atom. The molecule has 0 nitrogen and oxygen atoms in total. The Hall–Kier alpha value is 0.170. The molecule has 11 heavy (non-hydrogen) atoms. The lowest BCUT2D eigenvalue weighted by molar-refractivity contribution is 0.513. The summed E-state index contributed by atoms with van der Waals surface area (Å²) in [5, 5.41) is 0. The molecule has 0 bridgehead atoms. The molecule has 0 unspecified atom stereocenters. The van der Waals surface area contributed by atoms with Crippen molar-refractivity contribution in [3.8, 4) is 0 Å². The van der Waals surface area contributed by atoms with E-state index in [0.29, 0.717) is 7.92 Å². The zero-order valence-corrected chi connectivity index (χ0v) is 8.02. The third-order valence-electron chi connectivity index (χ3n) is 3.01. The molecule has 2 atom stereocenters. The van der Waals surface area contributed by atoms with E-state index in [1.54, 1.807) is 0 Å². The van der Waals surface area contributed by atoms with Crippen LogP contribution in [-0.4, -0.2) is 17.5 Å². The third-order valence-corrected chi connectivity index (χ3v) is 6.05. The first-order chi connectivity index (χ1) is 5.42. The van der Waals surface area contributed by atoms with Crippen LogP contribution in [0.3, 0.4) is 0 Å². The number of hydrogen-bond donors (Lipinski definition) is 0. The van der Waals surface area contributed by atoms with Crippen LogP contribution in [0.1, 0.15) is 32.1 Å². The first kappa shape index (κ1) is 7.80. The molecule has 0 aromatic carbocycles. The van der Waals surface area contributed by atoms with Gasteiger partial charge in [-0.25, -0.2) is 0 Å². The van der Waals surface area contributed by atoms with Crippen LogP contribution in [0.25, 0.3) is 0 Å². The first-order valence-electron chi connectivity index (χ1n) is 4.80. The molecular weight excluding hydrogens is 151 g/mol. The lowest BCUT2D eigenvalue weighted by Crippen LogP contribution is -2.06. The van der Waals surface area contributed by atoms with Crippen molar-refractivity contribution >= 4 is 7.92 Å². The van der Waals surface area contributed by atoms with Gasteiger partial charge in [0.2, 0.25) is 0 Å². The van der Waals surface area contributed by atoms with Crippen LogP contribution in [0.2, 0.25) is 0 Å². The molecule has 2 fully saturated rings.